The van der Waals surface area contributed by atoms with Crippen molar-refractivity contribution in [2.24, 2.45) is 41.4 Å². The van der Waals surface area contributed by atoms with E-state index in [2.05, 4.69) is 20.8 Å². The van der Waals surface area contributed by atoms with Crippen molar-refractivity contribution in [3.05, 3.63) is 71.8 Å². The van der Waals surface area contributed by atoms with Gasteiger partial charge >= 0.3 is 29.6 Å². The maximum atomic E-state index is 14.4. The number of aliphatic carboxylic acids is 1. The molecule has 15 heteroatoms. The van der Waals surface area contributed by atoms with Gasteiger partial charge in [0.25, 0.3) is 0 Å². The molecule has 5 aliphatic heterocycles. The van der Waals surface area contributed by atoms with Crippen molar-refractivity contribution in [3.8, 4) is 11.5 Å². The van der Waals surface area contributed by atoms with Gasteiger partial charge in [0.2, 0.25) is 5.79 Å². The van der Waals surface area contributed by atoms with E-state index in [1.54, 1.807) is 55.5 Å². The second kappa shape index (κ2) is 24.3. The molecule has 18 unspecified atom stereocenters. The molecule has 0 saturated carbocycles. The summed E-state index contributed by atoms with van der Waals surface area (Å²) in [5, 5.41) is 55.7. The van der Waals surface area contributed by atoms with Crippen molar-refractivity contribution in [2.45, 2.75) is 199 Å². The third-order valence-electron chi connectivity index (χ3n) is 16.9. The molecular formula is C56H81NaO14. The number of Topliss-reactive ketones (excluding diaryl/α,β-unsaturated/α-hetero) is 1. The fraction of sp³-hybridized carbons (Fsp3) is 0.696. The summed E-state index contributed by atoms with van der Waals surface area (Å²) >= 11 is 0. The van der Waals surface area contributed by atoms with Crippen molar-refractivity contribution in [2.75, 3.05) is 7.11 Å². The molecule has 71 heavy (non-hydrogen) atoms. The molecule has 4 saturated heterocycles. The molecule has 390 valence electrons. The zero-order valence-corrected chi connectivity index (χ0v) is 46.3. The van der Waals surface area contributed by atoms with Crippen molar-refractivity contribution >= 4 is 17.5 Å². The summed E-state index contributed by atoms with van der Waals surface area (Å²) < 4.78 is 38.4. The number of phenols is 1. The van der Waals surface area contributed by atoms with Crippen LogP contribution in [-0.2, 0) is 33.3 Å². The van der Waals surface area contributed by atoms with Gasteiger partial charge in [-0.05, 0) is 108 Å². The first-order valence-electron chi connectivity index (χ1n) is 25.9. The molecule has 4 N–H and O–H groups in total. The smallest absolute Gasteiger partial charge is 0.550 e. The molecule has 2 spiro atoms. The number of hydrogen-bond acceptors (Lipinski definition) is 14. The van der Waals surface area contributed by atoms with E-state index < -0.39 is 82.9 Å². The summed E-state index contributed by atoms with van der Waals surface area (Å²) in [5.74, 6) is -5.99. The summed E-state index contributed by atoms with van der Waals surface area (Å²) in [5.41, 5.74) is -0.812. The SMILES string of the molecule is CCC(C(=O)[O-])C1CCC(C)C(C(C)C(O)C(C)C(=O)C(CC)C2OC3(C=CC(O)C4(CCC(C)(C5CCC(O)(CC)C(C)O5)O4)O3)C(C)CC2C)O1.COc1ccc(C(=O)c2ccccc2)c(O)c1.[Na+]. The maximum absolute atomic E-state index is 14.4. The van der Waals surface area contributed by atoms with Crippen molar-refractivity contribution in [1.29, 1.82) is 0 Å². The van der Waals surface area contributed by atoms with E-state index in [1.807, 2.05) is 47.6 Å². The molecule has 0 aromatic heterocycles. The Kier molecular flexibility index (Phi) is 20.2. The van der Waals surface area contributed by atoms with Crippen LogP contribution in [0.3, 0.4) is 0 Å². The number of carboxylic acid groups (broad SMARTS) is 1. The van der Waals surface area contributed by atoms with Gasteiger partial charge in [0.05, 0.1) is 60.5 Å². The maximum Gasteiger partial charge on any atom is 1.00 e. The van der Waals surface area contributed by atoms with Crippen LogP contribution >= 0.6 is 0 Å². The van der Waals surface area contributed by atoms with Crippen molar-refractivity contribution in [1.82, 2.24) is 0 Å². The third kappa shape index (κ3) is 12.4. The Labute approximate surface area is 443 Å². The normalized spacial score (nSPS) is 36.8. The molecule has 5 aliphatic rings. The molecule has 7 rings (SSSR count). The summed E-state index contributed by atoms with van der Waals surface area (Å²) in [7, 11) is 1.51. The Morgan fingerprint density at radius 2 is 1.55 bits per heavy atom. The van der Waals surface area contributed by atoms with Gasteiger partial charge in [-0.3, -0.25) is 9.59 Å². The van der Waals surface area contributed by atoms with Crippen LogP contribution in [0.4, 0.5) is 0 Å². The monoisotopic (exact) mass is 1000 g/mol. The molecular weight excluding hydrogens is 920 g/mol. The topological polar surface area (TPSA) is 211 Å². The second-order valence-corrected chi connectivity index (χ2v) is 21.5. The predicted molar refractivity (Wildman–Crippen MR) is 261 cm³/mol. The van der Waals surface area contributed by atoms with Crippen LogP contribution in [0.15, 0.2) is 60.7 Å². The number of aliphatic hydroxyl groups excluding tert-OH is 2. The van der Waals surface area contributed by atoms with Gasteiger partial charge in [0.15, 0.2) is 11.6 Å². The number of carbonyl (C=O) groups is 3. The number of phenolic OH excluding ortho intramolecular Hbond substituents is 1. The van der Waals surface area contributed by atoms with E-state index in [4.69, 9.17) is 28.4 Å². The Morgan fingerprint density at radius 1 is 0.873 bits per heavy atom. The summed E-state index contributed by atoms with van der Waals surface area (Å²) in [6, 6.07) is 13.5. The standard InChI is InChI=1S/C42H70O11.C14H12O3.Na/c1-11-29(38(46)47)31-15-14-23(4)36(50-31)27(8)34(44)26(7)35(45)30(12-2)37-24(5)22-25(6)41(51-37)19-16-32(43)42(53-41)21-20-39(10,52-42)33-17-18-40(48,13-3)28(9)49-33;1-17-11-7-8-12(13(15)9-11)14(16)10-5-3-2-4-6-10;/h16,19,23-34,36-37,43-44,48H,11-15,17-18,20-22H2,1-10H3,(H,46,47);2-9,15H,1H3;/q;;+1/p-1. The molecule has 2 aromatic carbocycles. The quantitative estimate of drug-likeness (QED) is 0.110. The average Bonchev–Trinajstić information content (AvgIpc) is 3.69. The van der Waals surface area contributed by atoms with Gasteiger partial charge in [-0.1, -0.05) is 85.7 Å². The van der Waals surface area contributed by atoms with Gasteiger partial charge in [0.1, 0.15) is 23.4 Å². The van der Waals surface area contributed by atoms with Crippen molar-refractivity contribution < 1.29 is 97.9 Å². The number of carboxylic acids is 1. The molecule has 18 atom stereocenters. The van der Waals surface area contributed by atoms with Gasteiger partial charge < -0.3 is 58.7 Å². The van der Waals surface area contributed by atoms with Gasteiger partial charge in [-0.15, -0.1) is 0 Å². The zero-order valence-electron chi connectivity index (χ0n) is 44.3. The summed E-state index contributed by atoms with van der Waals surface area (Å²) in [6.45, 7) is 19.5. The zero-order chi connectivity index (χ0) is 51.5. The Bertz CT molecular complexity index is 2140. The van der Waals surface area contributed by atoms with Crippen LogP contribution < -0.4 is 39.4 Å². The van der Waals surface area contributed by atoms with Crippen LogP contribution in [0.1, 0.15) is 149 Å². The van der Waals surface area contributed by atoms with Crippen LogP contribution in [-0.4, -0.2) is 111 Å². The molecule has 0 bridgehead atoms. The van der Waals surface area contributed by atoms with Crippen LogP contribution in [0.2, 0.25) is 0 Å². The van der Waals surface area contributed by atoms with E-state index in [0.29, 0.717) is 69.1 Å². The Morgan fingerprint density at radius 3 is 2.14 bits per heavy atom. The summed E-state index contributed by atoms with van der Waals surface area (Å²) in [4.78, 5) is 38.3. The van der Waals surface area contributed by atoms with Gasteiger partial charge in [-0.2, -0.15) is 0 Å². The minimum absolute atomic E-state index is 0. The number of aliphatic hydroxyl groups is 3. The molecule has 5 heterocycles. The minimum Gasteiger partial charge on any atom is -0.550 e. The molecule has 0 radical (unpaired) electrons. The summed E-state index contributed by atoms with van der Waals surface area (Å²) in [6.07, 6.45) is 5.22. The number of ether oxygens (including phenoxy) is 6. The Hall–Kier alpha value is -2.73. The predicted octanol–water partition coefficient (Wildman–Crippen LogP) is 4.49. The van der Waals surface area contributed by atoms with Gasteiger partial charge in [0, 0.05) is 53.6 Å². The number of methoxy groups -OCH3 is 1. The van der Waals surface area contributed by atoms with Gasteiger partial charge in [-0.25, -0.2) is 0 Å². The van der Waals surface area contributed by atoms with Crippen LogP contribution in [0.5, 0.6) is 11.5 Å². The molecule has 2 aromatic rings. The second-order valence-electron chi connectivity index (χ2n) is 21.5. The first-order valence-corrected chi connectivity index (χ1v) is 25.9. The molecule has 0 amide bonds. The van der Waals surface area contributed by atoms with E-state index in [1.165, 1.54) is 13.2 Å². The Balaban J connectivity index is 0.000000437. The van der Waals surface area contributed by atoms with E-state index in [9.17, 15) is 39.9 Å². The number of ketones is 2. The molecule has 0 aliphatic carbocycles. The number of aromatic hydroxyl groups is 1. The van der Waals surface area contributed by atoms with E-state index in [-0.39, 0.29) is 82.4 Å². The number of rotatable bonds is 15. The minimum atomic E-state index is -1.37. The number of carbonyl (C=O) groups excluding carboxylic acids is 3. The molecule has 14 nitrogen and oxygen atoms in total. The van der Waals surface area contributed by atoms with E-state index in [0.717, 1.165) is 6.42 Å². The average molecular weight is 1000 g/mol. The largest absolute Gasteiger partial charge is 1.00 e. The van der Waals surface area contributed by atoms with Crippen LogP contribution in [0.25, 0.3) is 0 Å². The third-order valence-corrected chi connectivity index (χ3v) is 16.9. The first kappa shape index (κ1) is 59.2. The van der Waals surface area contributed by atoms with Crippen LogP contribution in [0, 0.1) is 41.4 Å². The first-order chi connectivity index (χ1) is 33.0. The van der Waals surface area contributed by atoms with Crippen molar-refractivity contribution in [3.63, 3.8) is 0 Å². The fourth-order valence-electron chi connectivity index (χ4n) is 12.1. The fourth-order valence-corrected chi connectivity index (χ4v) is 12.1. The number of benzene rings is 2. The molecule has 4 fully saturated rings. The van der Waals surface area contributed by atoms with E-state index >= 15 is 0 Å². The number of hydrogen-bond donors (Lipinski definition) is 4.